The highest BCUT2D eigenvalue weighted by Gasteiger charge is 2.46. The molecular formula is C79H52BN3. The van der Waals surface area contributed by atoms with E-state index >= 15 is 0 Å². The number of hydrogen-bond donors (Lipinski definition) is 0. The molecule has 4 heteroatoms. The van der Waals surface area contributed by atoms with Gasteiger partial charge in [0.1, 0.15) is 6.07 Å². The first-order valence-electron chi connectivity index (χ1n) is 28.4. The molecule has 0 aliphatic carbocycles. The molecule has 0 saturated heterocycles. The number of anilines is 6. The van der Waals surface area contributed by atoms with Crippen molar-refractivity contribution in [2.24, 2.45) is 0 Å². The molecule has 83 heavy (non-hydrogen) atoms. The number of hydrogen-bond acceptors (Lipinski definition) is 3. The van der Waals surface area contributed by atoms with E-state index in [4.69, 9.17) is 0 Å². The number of fused-ring (bicyclic) bond motifs is 4. The zero-order valence-electron chi connectivity index (χ0n) is 45.4. The molecule has 0 N–H and O–H groups in total. The Kier molecular flexibility index (Phi) is 12.4. The Bertz CT molecular complexity index is 4410. The van der Waals surface area contributed by atoms with Crippen LogP contribution in [0, 0.1) is 11.3 Å². The summed E-state index contributed by atoms with van der Waals surface area (Å²) in [5.41, 5.74) is 27.6. The molecule has 0 atom stereocenters. The molecular weight excluding hydrogens is 1000 g/mol. The van der Waals surface area contributed by atoms with Crippen molar-refractivity contribution < 1.29 is 0 Å². The zero-order valence-corrected chi connectivity index (χ0v) is 45.4. The second kappa shape index (κ2) is 20.9. The van der Waals surface area contributed by atoms with Gasteiger partial charge in [-0.3, -0.25) is 0 Å². The van der Waals surface area contributed by atoms with E-state index in [9.17, 15) is 5.26 Å². The van der Waals surface area contributed by atoms with Crippen LogP contribution in [0.2, 0.25) is 0 Å². The molecule has 0 spiro atoms. The average molecular weight is 1050 g/mol. The lowest BCUT2D eigenvalue weighted by Crippen LogP contribution is -2.61. The van der Waals surface area contributed by atoms with Crippen LogP contribution in [0.4, 0.5) is 34.1 Å². The number of benzene rings is 13. The van der Waals surface area contributed by atoms with Crippen LogP contribution in [0.3, 0.4) is 0 Å². The van der Waals surface area contributed by atoms with Crippen LogP contribution < -0.4 is 26.2 Å². The fraction of sp³-hybridized carbons (Fsp3) is 0. The molecule has 0 radical (unpaired) electrons. The van der Waals surface area contributed by atoms with Crippen LogP contribution in [0.5, 0.6) is 0 Å². The Hall–Kier alpha value is -11.0. The predicted octanol–water partition coefficient (Wildman–Crippen LogP) is 19.0. The van der Waals surface area contributed by atoms with Gasteiger partial charge in [-0.05, 0) is 132 Å². The molecule has 0 bridgehead atoms. The maximum atomic E-state index is 11.9. The quantitative estimate of drug-likeness (QED) is 0.128. The summed E-state index contributed by atoms with van der Waals surface area (Å²) in [7, 11) is 0. The molecule has 386 valence electrons. The van der Waals surface area contributed by atoms with Crippen LogP contribution in [-0.2, 0) is 0 Å². The molecule has 0 aromatic heterocycles. The summed E-state index contributed by atoms with van der Waals surface area (Å²) < 4.78 is 0. The van der Waals surface area contributed by atoms with Crippen molar-refractivity contribution in [1.82, 2.24) is 0 Å². The van der Waals surface area contributed by atoms with Gasteiger partial charge in [0.2, 0.25) is 0 Å². The van der Waals surface area contributed by atoms with E-state index in [0.717, 1.165) is 140 Å². The Morgan fingerprint density at radius 2 is 0.530 bits per heavy atom. The zero-order chi connectivity index (χ0) is 55.2. The molecule has 2 aliphatic heterocycles. The van der Waals surface area contributed by atoms with E-state index < -0.39 is 0 Å². The van der Waals surface area contributed by atoms with Crippen molar-refractivity contribution in [1.29, 1.82) is 5.26 Å². The van der Waals surface area contributed by atoms with Gasteiger partial charge in [0.05, 0.1) is 22.6 Å². The third kappa shape index (κ3) is 8.63. The first kappa shape index (κ1) is 49.1. The highest BCUT2D eigenvalue weighted by molar-refractivity contribution is 7.00. The molecule has 3 nitrogen and oxygen atoms in total. The SMILES string of the molecule is N#Cc1ccc2c3c1N(c1c(-c4ccccc4)cc(-c4ccccc4)cc1-c1ccccc1)c1ccc(-c4ccccc4)cc1B3c1cc(-c3ccccc3)ccc1N2c1c(-c2ccccc2)cc(-c2ccccc2)cc1-c1ccccc1. The van der Waals surface area contributed by atoms with Gasteiger partial charge in [0, 0.05) is 39.3 Å². The van der Waals surface area contributed by atoms with Gasteiger partial charge in [0.25, 0.3) is 6.71 Å². The Balaban J connectivity index is 1.12. The lowest BCUT2D eigenvalue weighted by molar-refractivity contribution is 1.24. The van der Waals surface area contributed by atoms with Crippen molar-refractivity contribution in [2.75, 3.05) is 9.80 Å². The van der Waals surface area contributed by atoms with Crippen LogP contribution in [0.25, 0.3) is 89.0 Å². The Morgan fingerprint density at radius 1 is 0.241 bits per heavy atom. The number of nitriles is 1. The van der Waals surface area contributed by atoms with Crippen LogP contribution in [0.15, 0.2) is 315 Å². The standard InChI is InChI=1S/C79H52BN3/c81-53-64-43-46-75-76-77(64)83(79-69(60-37-21-7-22-38-60)49-66(57-31-15-4-16-32-57)50-70(79)61-39-23-8-24-40-61)74-45-42-63(55-27-11-2-12-28-55)52-72(74)80(76)71-51-62(54-25-9-1-10-26-54)41-44-73(71)82(75)78-67(58-33-17-5-18-34-58)47-65(56-29-13-3-14-30-56)48-68(78)59-35-19-6-20-36-59/h1-52H. The Morgan fingerprint density at radius 3 is 0.867 bits per heavy atom. The molecule has 13 aromatic carbocycles. The predicted molar refractivity (Wildman–Crippen MR) is 349 cm³/mol. The van der Waals surface area contributed by atoms with Gasteiger partial charge in [-0.15, -0.1) is 0 Å². The molecule has 2 heterocycles. The van der Waals surface area contributed by atoms with E-state index in [0.29, 0.717) is 5.56 Å². The van der Waals surface area contributed by atoms with Crippen molar-refractivity contribution in [2.45, 2.75) is 0 Å². The van der Waals surface area contributed by atoms with E-state index in [1.165, 1.54) is 0 Å². The van der Waals surface area contributed by atoms with E-state index in [2.05, 4.69) is 331 Å². The monoisotopic (exact) mass is 1050 g/mol. The fourth-order valence-corrected chi connectivity index (χ4v) is 12.9. The summed E-state index contributed by atoms with van der Waals surface area (Å²) in [6, 6.07) is 117. The lowest BCUT2D eigenvalue weighted by atomic mass is 9.33. The van der Waals surface area contributed by atoms with Gasteiger partial charge in [-0.25, -0.2) is 0 Å². The topological polar surface area (TPSA) is 30.3 Å². The largest absolute Gasteiger partial charge is 0.310 e. The Labute approximate surface area is 485 Å². The smallest absolute Gasteiger partial charge is 0.252 e. The average Bonchev–Trinajstić information content (AvgIpc) is 1.59. The van der Waals surface area contributed by atoms with Crippen molar-refractivity contribution in [3.05, 3.63) is 321 Å². The first-order valence-corrected chi connectivity index (χ1v) is 28.4. The summed E-state index contributed by atoms with van der Waals surface area (Å²) in [5.74, 6) is 0. The van der Waals surface area contributed by atoms with Crippen molar-refractivity contribution in [3.63, 3.8) is 0 Å². The third-order valence-electron chi connectivity index (χ3n) is 16.7. The molecule has 0 saturated carbocycles. The minimum absolute atomic E-state index is 0.314. The summed E-state index contributed by atoms with van der Waals surface area (Å²) in [6.07, 6.45) is 0. The second-order valence-electron chi connectivity index (χ2n) is 21.4. The highest BCUT2D eigenvalue weighted by Crippen LogP contribution is 2.55. The third-order valence-corrected chi connectivity index (χ3v) is 16.7. The van der Waals surface area contributed by atoms with Crippen LogP contribution in [0.1, 0.15) is 5.56 Å². The molecule has 0 amide bonds. The molecule has 13 aromatic rings. The maximum absolute atomic E-state index is 11.9. The summed E-state index contributed by atoms with van der Waals surface area (Å²) >= 11 is 0. The van der Waals surface area contributed by atoms with Crippen molar-refractivity contribution in [3.8, 4) is 95.1 Å². The maximum Gasteiger partial charge on any atom is 0.252 e. The van der Waals surface area contributed by atoms with E-state index in [-0.39, 0.29) is 6.71 Å². The molecule has 2 aliphatic rings. The van der Waals surface area contributed by atoms with Gasteiger partial charge in [0.15, 0.2) is 0 Å². The number of nitrogens with zero attached hydrogens (tertiary/aromatic N) is 3. The van der Waals surface area contributed by atoms with Gasteiger partial charge < -0.3 is 9.80 Å². The molecule has 0 unspecified atom stereocenters. The van der Waals surface area contributed by atoms with E-state index in [1.54, 1.807) is 0 Å². The van der Waals surface area contributed by atoms with E-state index in [1.807, 2.05) is 0 Å². The second-order valence-corrected chi connectivity index (χ2v) is 21.4. The fourth-order valence-electron chi connectivity index (χ4n) is 12.9. The van der Waals surface area contributed by atoms with Crippen molar-refractivity contribution >= 4 is 57.2 Å². The van der Waals surface area contributed by atoms with Crippen LogP contribution >= 0.6 is 0 Å². The highest BCUT2D eigenvalue weighted by atomic mass is 15.2. The minimum Gasteiger partial charge on any atom is -0.310 e. The van der Waals surface area contributed by atoms with Gasteiger partial charge >= 0.3 is 0 Å². The first-order chi connectivity index (χ1) is 41.2. The molecule has 15 rings (SSSR count). The summed E-state index contributed by atoms with van der Waals surface area (Å²) in [4.78, 5) is 5.01. The van der Waals surface area contributed by atoms with Gasteiger partial charge in [-0.2, -0.15) is 5.26 Å². The number of rotatable bonds is 10. The van der Waals surface area contributed by atoms with Crippen LogP contribution in [-0.4, -0.2) is 6.71 Å². The summed E-state index contributed by atoms with van der Waals surface area (Å²) in [5, 5.41) is 11.9. The normalized spacial score (nSPS) is 12.0. The lowest BCUT2D eigenvalue weighted by Gasteiger charge is -2.46. The molecule has 0 fully saturated rings. The minimum atomic E-state index is -0.314. The van der Waals surface area contributed by atoms with Gasteiger partial charge in [-0.1, -0.05) is 267 Å². The summed E-state index contributed by atoms with van der Waals surface area (Å²) in [6.45, 7) is -0.314.